The fraction of sp³-hybridized carbons (Fsp3) is 0.500. The van der Waals surface area contributed by atoms with Gasteiger partial charge < -0.3 is 4.42 Å². The maximum atomic E-state index is 15.4. The van der Waals surface area contributed by atoms with Gasteiger partial charge in [0.05, 0.1) is 5.39 Å². The topological polar surface area (TPSA) is 30.2 Å². The van der Waals surface area contributed by atoms with Crippen LogP contribution < -0.4 is 5.63 Å². The average Bonchev–Trinajstić information content (AvgIpc) is 2.99. The summed E-state index contributed by atoms with van der Waals surface area (Å²) >= 11 is 0. The van der Waals surface area contributed by atoms with Gasteiger partial charge in [-0.05, 0) is 54.0 Å². The summed E-state index contributed by atoms with van der Waals surface area (Å²) in [6, 6.07) is 18.3. The molecule has 0 aliphatic heterocycles. The molecule has 0 fully saturated rings. The molecule has 0 saturated carbocycles. The zero-order valence-corrected chi connectivity index (χ0v) is 25.4. The van der Waals surface area contributed by atoms with E-state index in [2.05, 4.69) is 38.1 Å². The lowest BCUT2D eigenvalue weighted by molar-refractivity contribution is 0.520. The first-order chi connectivity index (χ1) is 20.1. The van der Waals surface area contributed by atoms with Gasteiger partial charge in [-0.25, -0.2) is 9.18 Å². The summed E-state index contributed by atoms with van der Waals surface area (Å²) in [5, 5.41) is 1.90. The Balaban J connectivity index is 1.39. The summed E-state index contributed by atoms with van der Waals surface area (Å²) in [4.78, 5) is 13.0. The van der Waals surface area contributed by atoms with Crippen molar-refractivity contribution in [2.45, 2.75) is 123 Å². The molecule has 0 amide bonds. The van der Waals surface area contributed by atoms with E-state index >= 15 is 4.39 Å². The number of hydrogen-bond donors (Lipinski definition) is 0. The van der Waals surface area contributed by atoms with Gasteiger partial charge in [-0.15, -0.1) is 0 Å². The van der Waals surface area contributed by atoms with Crippen LogP contribution in [0.15, 0.2) is 63.8 Å². The Morgan fingerprint density at radius 1 is 0.561 bits per heavy atom. The average molecular weight is 557 g/mol. The van der Waals surface area contributed by atoms with Crippen LogP contribution in [0.2, 0.25) is 0 Å². The number of rotatable bonds is 18. The fourth-order valence-corrected chi connectivity index (χ4v) is 5.98. The van der Waals surface area contributed by atoms with Crippen LogP contribution in [0, 0.1) is 5.82 Å². The summed E-state index contributed by atoms with van der Waals surface area (Å²) in [5.74, 6) is -0.384. The summed E-state index contributed by atoms with van der Waals surface area (Å²) in [6.07, 6.45) is 20.7. The van der Waals surface area contributed by atoms with Gasteiger partial charge >= 0.3 is 5.63 Å². The Hall–Kier alpha value is -2.94. The molecule has 4 aromatic rings. The SMILES string of the molecule is CCCCCCCCCCc1ccc2c(oc(=O)c3cc(-c4ccc(CCCCCCCCC)cc4)ccc32)c1F. The van der Waals surface area contributed by atoms with Crippen molar-refractivity contribution in [1.82, 2.24) is 0 Å². The monoisotopic (exact) mass is 556 g/mol. The second-order valence-electron chi connectivity index (χ2n) is 11.9. The van der Waals surface area contributed by atoms with Crippen LogP contribution in [-0.2, 0) is 12.8 Å². The van der Waals surface area contributed by atoms with Crippen LogP contribution in [0.5, 0.6) is 0 Å². The zero-order chi connectivity index (χ0) is 28.9. The number of unbranched alkanes of at least 4 members (excludes halogenated alkanes) is 13. The van der Waals surface area contributed by atoms with E-state index in [1.807, 2.05) is 30.3 Å². The Labute approximate surface area is 246 Å². The number of hydrogen-bond acceptors (Lipinski definition) is 2. The molecule has 1 heterocycles. The molecule has 1 aromatic heterocycles. The highest BCUT2D eigenvalue weighted by molar-refractivity contribution is 6.05. The summed E-state index contributed by atoms with van der Waals surface area (Å²) in [5.41, 5.74) is 3.64. The molecule has 0 N–H and O–H groups in total. The predicted molar refractivity (Wildman–Crippen MR) is 173 cm³/mol. The lowest BCUT2D eigenvalue weighted by atomic mass is 9.97. The molecule has 4 rings (SSSR count). The van der Waals surface area contributed by atoms with Crippen LogP contribution in [0.3, 0.4) is 0 Å². The van der Waals surface area contributed by atoms with Crippen LogP contribution in [0.1, 0.15) is 121 Å². The number of fused-ring (bicyclic) bond motifs is 3. The highest BCUT2D eigenvalue weighted by atomic mass is 19.1. The van der Waals surface area contributed by atoms with Crippen molar-refractivity contribution in [2.24, 2.45) is 0 Å². The third-order valence-corrected chi connectivity index (χ3v) is 8.56. The Bertz CT molecular complexity index is 1420. The van der Waals surface area contributed by atoms with E-state index in [9.17, 15) is 4.79 Å². The molecule has 2 nitrogen and oxygen atoms in total. The Morgan fingerprint density at radius 2 is 1.10 bits per heavy atom. The Kier molecular flexibility index (Phi) is 12.5. The molecule has 220 valence electrons. The number of halogens is 1. The molecule has 0 unspecified atom stereocenters. The van der Waals surface area contributed by atoms with Crippen molar-refractivity contribution in [3.63, 3.8) is 0 Å². The second-order valence-corrected chi connectivity index (χ2v) is 11.9. The molecule has 41 heavy (non-hydrogen) atoms. The molecule has 0 saturated heterocycles. The first-order valence-electron chi connectivity index (χ1n) is 16.4. The van der Waals surface area contributed by atoms with Crippen LogP contribution in [0.25, 0.3) is 32.9 Å². The third kappa shape index (κ3) is 8.77. The molecule has 3 aromatic carbocycles. The smallest absolute Gasteiger partial charge is 0.344 e. The van der Waals surface area contributed by atoms with E-state index in [1.54, 1.807) is 0 Å². The highest BCUT2D eigenvalue weighted by Gasteiger charge is 2.15. The molecular weight excluding hydrogens is 507 g/mol. The van der Waals surface area contributed by atoms with Gasteiger partial charge in [0.2, 0.25) is 0 Å². The summed E-state index contributed by atoms with van der Waals surface area (Å²) < 4.78 is 21.0. The van der Waals surface area contributed by atoms with Crippen molar-refractivity contribution >= 4 is 21.7 Å². The maximum Gasteiger partial charge on any atom is 0.344 e. The van der Waals surface area contributed by atoms with Crippen molar-refractivity contribution < 1.29 is 8.81 Å². The number of aryl methyl sites for hydroxylation is 2. The van der Waals surface area contributed by atoms with Crippen molar-refractivity contribution in [2.75, 3.05) is 0 Å². The van der Waals surface area contributed by atoms with Crippen LogP contribution in [0.4, 0.5) is 4.39 Å². The molecule has 0 radical (unpaired) electrons. The van der Waals surface area contributed by atoms with E-state index in [1.165, 1.54) is 89.0 Å². The van der Waals surface area contributed by atoms with Crippen LogP contribution >= 0.6 is 0 Å². The van der Waals surface area contributed by atoms with Gasteiger partial charge in [0, 0.05) is 10.8 Å². The Morgan fingerprint density at radius 3 is 1.73 bits per heavy atom. The molecule has 0 bridgehead atoms. The predicted octanol–water partition coefficient (Wildman–Crippen LogP) is 11.7. The lowest BCUT2D eigenvalue weighted by Gasteiger charge is -2.10. The van der Waals surface area contributed by atoms with Crippen LogP contribution in [-0.4, -0.2) is 0 Å². The lowest BCUT2D eigenvalue weighted by Crippen LogP contribution is -2.03. The van der Waals surface area contributed by atoms with E-state index in [4.69, 9.17) is 4.42 Å². The second kappa shape index (κ2) is 16.5. The molecule has 0 atom stereocenters. The minimum absolute atomic E-state index is 0.0852. The zero-order valence-electron chi connectivity index (χ0n) is 25.4. The van der Waals surface area contributed by atoms with E-state index < -0.39 is 5.63 Å². The molecule has 0 spiro atoms. The van der Waals surface area contributed by atoms with E-state index in [0.29, 0.717) is 22.8 Å². The van der Waals surface area contributed by atoms with E-state index in [0.717, 1.165) is 35.8 Å². The summed E-state index contributed by atoms with van der Waals surface area (Å²) in [6.45, 7) is 4.49. The first kappa shape index (κ1) is 31.0. The van der Waals surface area contributed by atoms with Gasteiger partial charge in [-0.3, -0.25) is 0 Å². The minimum atomic E-state index is -0.479. The fourth-order valence-electron chi connectivity index (χ4n) is 5.98. The third-order valence-electron chi connectivity index (χ3n) is 8.56. The van der Waals surface area contributed by atoms with Crippen molar-refractivity contribution in [3.8, 4) is 11.1 Å². The molecular formula is C38H49FO2. The van der Waals surface area contributed by atoms with Crippen molar-refractivity contribution in [3.05, 3.63) is 82.0 Å². The normalized spacial score (nSPS) is 11.6. The maximum absolute atomic E-state index is 15.4. The molecule has 3 heteroatoms. The van der Waals surface area contributed by atoms with Crippen molar-refractivity contribution in [1.29, 1.82) is 0 Å². The standard InChI is InChI=1S/C38H49FO2/c1-3-5-7-9-11-13-15-17-19-31-24-27-34-33-26-25-32(28-35(33)38(40)41-37(34)36(31)39)30-22-20-29(21-23-30)18-16-14-12-10-8-6-4-2/h20-28H,3-19H2,1-2H3. The minimum Gasteiger partial charge on any atom is -0.419 e. The first-order valence-corrected chi connectivity index (χ1v) is 16.4. The van der Waals surface area contributed by atoms with Gasteiger partial charge in [0.25, 0.3) is 0 Å². The largest absolute Gasteiger partial charge is 0.419 e. The quantitative estimate of drug-likeness (QED) is 0.0693. The van der Waals surface area contributed by atoms with Gasteiger partial charge in [-0.2, -0.15) is 0 Å². The van der Waals surface area contributed by atoms with Gasteiger partial charge in [0.1, 0.15) is 0 Å². The van der Waals surface area contributed by atoms with Gasteiger partial charge in [-0.1, -0.05) is 146 Å². The summed E-state index contributed by atoms with van der Waals surface area (Å²) in [7, 11) is 0. The molecule has 0 aliphatic carbocycles. The highest BCUT2D eigenvalue weighted by Crippen LogP contribution is 2.31. The number of benzene rings is 3. The van der Waals surface area contributed by atoms with E-state index in [-0.39, 0.29) is 11.4 Å². The van der Waals surface area contributed by atoms with Gasteiger partial charge in [0.15, 0.2) is 11.4 Å². The molecule has 0 aliphatic rings.